The first-order valence-corrected chi connectivity index (χ1v) is 5.12. The average Bonchev–Trinajstić information content (AvgIpc) is 2.81. The minimum Gasteiger partial charge on any atom is -0.365 e. The van der Waals surface area contributed by atoms with Crippen molar-refractivity contribution in [2.75, 3.05) is 12.4 Å². The van der Waals surface area contributed by atoms with Crippen molar-refractivity contribution < 1.29 is 0 Å². The minimum absolute atomic E-state index is 0.768. The molecule has 0 bridgehead atoms. The van der Waals surface area contributed by atoms with Crippen molar-refractivity contribution in [2.45, 2.75) is 25.4 Å². The van der Waals surface area contributed by atoms with Crippen LogP contribution in [-0.2, 0) is 6.54 Å². The monoisotopic (exact) mass is 183 g/mol. The highest BCUT2D eigenvalue weighted by Gasteiger charge is 2.20. The van der Waals surface area contributed by atoms with Crippen LogP contribution in [0.1, 0.15) is 18.5 Å². The lowest BCUT2D eigenvalue weighted by atomic mass is 10.5. The van der Waals surface area contributed by atoms with Crippen molar-refractivity contribution in [1.82, 2.24) is 10.3 Å². The zero-order valence-electron chi connectivity index (χ0n) is 7.13. The summed E-state index contributed by atoms with van der Waals surface area (Å²) in [5.74, 6) is 0. The second kappa shape index (κ2) is 3.41. The summed E-state index contributed by atoms with van der Waals surface area (Å²) in [6.45, 7) is 0.919. The van der Waals surface area contributed by atoms with E-state index in [9.17, 15) is 0 Å². The van der Waals surface area contributed by atoms with E-state index < -0.39 is 0 Å². The van der Waals surface area contributed by atoms with Crippen molar-refractivity contribution in [1.29, 1.82) is 0 Å². The van der Waals surface area contributed by atoms with Gasteiger partial charge in [0, 0.05) is 25.0 Å². The maximum absolute atomic E-state index is 4.37. The molecule has 0 spiro atoms. The Morgan fingerprint density at radius 3 is 3.08 bits per heavy atom. The predicted molar refractivity (Wildman–Crippen MR) is 51.5 cm³/mol. The van der Waals surface area contributed by atoms with E-state index >= 15 is 0 Å². The molecule has 1 aromatic rings. The van der Waals surface area contributed by atoms with Gasteiger partial charge in [0.2, 0.25) is 0 Å². The van der Waals surface area contributed by atoms with Gasteiger partial charge in [0.15, 0.2) is 5.13 Å². The molecule has 0 aliphatic heterocycles. The summed E-state index contributed by atoms with van der Waals surface area (Å²) in [4.78, 5) is 4.37. The first kappa shape index (κ1) is 8.01. The molecule has 0 amide bonds. The van der Waals surface area contributed by atoms with Gasteiger partial charge in [-0.15, -0.1) is 11.3 Å². The summed E-state index contributed by atoms with van der Waals surface area (Å²) in [6, 6.07) is 0.768. The molecule has 0 radical (unpaired) electrons. The Balaban J connectivity index is 1.84. The Bertz CT molecular complexity index is 255. The van der Waals surface area contributed by atoms with Gasteiger partial charge in [-0.1, -0.05) is 0 Å². The van der Waals surface area contributed by atoms with E-state index in [2.05, 4.69) is 21.0 Å². The molecule has 1 fully saturated rings. The molecule has 1 aliphatic carbocycles. The Labute approximate surface area is 76.2 Å². The second-order valence-corrected chi connectivity index (χ2v) is 3.91. The normalized spacial score (nSPS) is 16.4. The van der Waals surface area contributed by atoms with Gasteiger partial charge in [-0.05, 0) is 12.8 Å². The summed E-state index contributed by atoms with van der Waals surface area (Å²) in [5.41, 5.74) is 1.15. The largest absolute Gasteiger partial charge is 0.365 e. The van der Waals surface area contributed by atoms with E-state index in [1.54, 1.807) is 11.3 Å². The van der Waals surface area contributed by atoms with Crippen molar-refractivity contribution >= 4 is 16.5 Å². The molecule has 66 valence electrons. The van der Waals surface area contributed by atoms with Crippen LogP contribution in [0.5, 0.6) is 0 Å². The van der Waals surface area contributed by atoms with Gasteiger partial charge in [-0.25, -0.2) is 4.98 Å². The van der Waals surface area contributed by atoms with Crippen LogP contribution >= 0.6 is 11.3 Å². The standard InChI is InChI=1S/C8H13N3S/c1-9-8-11-7(5-12-8)4-10-6-2-3-6/h5-6,10H,2-4H2,1H3,(H,9,11). The minimum atomic E-state index is 0.768. The van der Waals surface area contributed by atoms with E-state index in [0.29, 0.717) is 0 Å². The van der Waals surface area contributed by atoms with Crippen LogP contribution in [0.2, 0.25) is 0 Å². The van der Waals surface area contributed by atoms with Gasteiger partial charge < -0.3 is 10.6 Å². The van der Waals surface area contributed by atoms with Crippen molar-refractivity contribution in [3.63, 3.8) is 0 Å². The summed E-state index contributed by atoms with van der Waals surface area (Å²) in [6.07, 6.45) is 2.67. The molecule has 2 N–H and O–H groups in total. The molecular formula is C8H13N3S. The Morgan fingerprint density at radius 2 is 2.50 bits per heavy atom. The molecule has 0 aromatic carbocycles. The van der Waals surface area contributed by atoms with Gasteiger partial charge in [0.25, 0.3) is 0 Å². The quantitative estimate of drug-likeness (QED) is 0.741. The van der Waals surface area contributed by atoms with Crippen molar-refractivity contribution in [3.05, 3.63) is 11.1 Å². The van der Waals surface area contributed by atoms with E-state index in [4.69, 9.17) is 0 Å². The number of rotatable bonds is 4. The molecular weight excluding hydrogens is 170 g/mol. The summed E-state index contributed by atoms with van der Waals surface area (Å²) in [5, 5.41) is 9.56. The Kier molecular flexibility index (Phi) is 2.28. The number of nitrogens with zero attached hydrogens (tertiary/aromatic N) is 1. The molecule has 1 heterocycles. The van der Waals surface area contributed by atoms with Crippen molar-refractivity contribution in [2.24, 2.45) is 0 Å². The summed E-state index contributed by atoms with van der Waals surface area (Å²) < 4.78 is 0. The first-order valence-electron chi connectivity index (χ1n) is 4.24. The fourth-order valence-electron chi connectivity index (χ4n) is 1.04. The molecule has 12 heavy (non-hydrogen) atoms. The lowest BCUT2D eigenvalue weighted by molar-refractivity contribution is 0.678. The maximum Gasteiger partial charge on any atom is 0.182 e. The van der Waals surface area contributed by atoms with Crippen molar-refractivity contribution in [3.8, 4) is 0 Å². The molecule has 1 aliphatic rings. The zero-order chi connectivity index (χ0) is 8.39. The maximum atomic E-state index is 4.37. The molecule has 4 heteroatoms. The van der Waals surface area contributed by atoms with E-state index in [1.807, 2.05) is 7.05 Å². The van der Waals surface area contributed by atoms with E-state index in [1.165, 1.54) is 12.8 Å². The van der Waals surface area contributed by atoms with Crippen LogP contribution in [0.15, 0.2) is 5.38 Å². The fraction of sp³-hybridized carbons (Fsp3) is 0.625. The molecule has 1 aromatic heterocycles. The number of anilines is 1. The van der Waals surface area contributed by atoms with Crippen LogP contribution < -0.4 is 10.6 Å². The lowest BCUT2D eigenvalue weighted by Crippen LogP contribution is -2.15. The molecule has 0 saturated heterocycles. The topological polar surface area (TPSA) is 37.0 Å². The number of aromatic nitrogens is 1. The molecule has 1 saturated carbocycles. The average molecular weight is 183 g/mol. The van der Waals surface area contributed by atoms with Crippen LogP contribution in [-0.4, -0.2) is 18.1 Å². The fourth-order valence-corrected chi connectivity index (χ4v) is 1.71. The third-order valence-corrected chi connectivity index (χ3v) is 2.82. The first-order chi connectivity index (χ1) is 5.88. The SMILES string of the molecule is CNc1nc(CNC2CC2)cs1. The van der Waals surface area contributed by atoms with Gasteiger partial charge in [-0.3, -0.25) is 0 Å². The number of hydrogen-bond acceptors (Lipinski definition) is 4. The van der Waals surface area contributed by atoms with Crippen LogP contribution in [0.25, 0.3) is 0 Å². The molecule has 0 unspecified atom stereocenters. The van der Waals surface area contributed by atoms with Crippen LogP contribution in [0, 0.1) is 0 Å². The third kappa shape index (κ3) is 1.95. The second-order valence-electron chi connectivity index (χ2n) is 3.05. The third-order valence-electron chi connectivity index (χ3n) is 1.91. The summed E-state index contributed by atoms with van der Waals surface area (Å²) >= 11 is 1.66. The highest BCUT2D eigenvalue weighted by molar-refractivity contribution is 7.13. The smallest absolute Gasteiger partial charge is 0.182 e. The van der Waals surface area contributed by atoms with Crippen LogP contribution in [0.4, 0.5) is 5.13 Å². The zero-order valence-corrected chi connectivity index (χ0v) is 7.95. The Morgan fingerprint density at radius 1 is 1.67 bits per heavy atom. The number of nitrogens with one attached hydrogen (secondary N) is 2. The van der Waals surface area contributed by atoms with E-state index in [0.717, 1.165) is 23.4 Å². The van der Waals surface area contributed by atoms with Gasteiger partial charge >= 0.3 is 0 Å². The van der Waals surface area contributed by atoms with Gasteiger partial charge in [-0.2, -0.15) is 0 Å². The molecule has 3 nitrogen and oxygen atoms in total. The highest BCUT2D eigenvalue weighted by Crippen LogP contribution is 2.20. The Hall–Kier alpha value is -0.610. The van der Waals surface area contributed by atoms with Crippen LogP contribution in [0.3, 0.4) is 0 Å². The van der Waals surface area contributed by atoms with E-state index in [-0.39, 0.29) is 0 Å². The lowest BCUT2D eigenvalue weighted by Gasteiger charge is -1.97. The molecule has 2 rings (SSSR count). The van der Waals surface area contributed by atoms with Gasteiger partial charge in [0.05, 0.1) is 5.69 Å². The highest BCUT2D eigenvalue weighted by atomic mass is 32.1. The predicted octanol–water partition coefficient (Wildman–Crippen LogP) is 1.44. The molecule has 0 atom stereocenters. The number of hydrogen-bond donors (Lipinski definition) is 2. The number of thiazole rings is 1. The summed E-state index contributed by atoms with van der Waals surface area (Å²) in [7, 11) is 1.90. The van der Waals surface area contributed by atoms with Gasteiger partial charge in [0.1, 0.15) is 0 Å².